The largest absolute Gasteiger partial charge is 0.299 e. The van der Waals surface area contributed by atoms with Crippen molar-refractivity contribution in [1.82, 2.24) is 0 Å². The lowest BCUT2D eigenvalue weighted by molar-refractivity contribution is -0.121. The molecule has 0 radical (unpaired) electrons. The predicted octanol–water partition coefficient (Wildman–Crippen LogP) is 3.77. The number of benzene rings is 1. The molecule has 0 bridgehead atoms. The third-order valence-electron chi connectivity index (χ3n) is 2.99. The summed E-state index contributed by atoms with van der Waals surface area (Å²) in [6, 6.07) is 10.1. The molecule has 0 heterocycles. The maximum Gasteiger partial charge on any atom is 0.135 e. The van der Waals surface area contributed by atoms with Gasteiger partial charge in [0.15, 0.2) is 0 Å². The number of aryl methyl sites for hydroxylation is 1. The van der Waals surface area contributed by atoms with Crippen LogP contribution in [0.4, 0.5) is 0 Å². The molecule has 2 heteroatoms. The van der Waals surface area contributed by atoms with Crippen LogP contribution >= 0.6 is 0 Å². The van der Waals surface area contributed by atoms with Crippen LogP contribution in [-0.4, -0.2) is 5.78 Å². The van der Waals surface area contributed by atoms with Crippen LogP contribution in [0.3, 0.4) is 0 Å². The number of carbonyl (C=O) groups is 1. The van der Waals surface area contributed by atoms with Crippen molar-refractivity contribution < 1.29 is 4.79 Å². The van der Waals surface area contributed by atoms with Gasteiger partial charge in [-0.25, -0.2) is 0 Å². The molecule has 0 spiro atoms. The Morgan fingerprint density at radius 1 is 1.33 bits per heavy atom. The van der Waals surface area contributed by atoms with Crippen LogP contribution < -0.4 is 0 Å². The number of rotatable bonds is 5. The number of nitriles is 1. The van der Waals surface area contributed by atoms with Gasteiger partial charge in [0.1, 0.15) is 5.78 Å². The monoisotopic (exact) mass is 241 g/mol. The van der Waals surface area contributed by atoms with E-state index in [0.29, 0.717) is 12.2 Å². The fourth-order valence-electron chi connectivity index (χ4n) is 1.67. The van der Waals surface area contributed by atoms with E-state index < -0.39 is 0 Å². The molecule has 1 aromatic carbocycles. The molecule has 0 N–H and O–H groups in total. The summed E-state index contributed by atoms with van der Waals surface area (Å²) < 4.78 is 0. The van der Waals surface area contributed by atoms with E-state index in [0.717, 1.165) is 23.1 Å². The molecule has 0 aliphatic rings. The summed E-state index contributed by atoms with van der Waals surface area (Å²) >= 11 is 0. The van der Waals surface area contributed by atoms with Crippen molar-refractivity contribution in [1.29, 1.82) is 5.26 Å². The number of hydrogen-bond acceptors (Lipinski definition) is 2. The molecule has 0 saturated heterocycles. The highest BCUT2D eigenvalue weighted by molar-refractivity contribution is 5.80. The lowest BCUT2D eigenvalue weighted by Gasteiger charge is -2.05. The molecule has 1 aromatic rings. The molecule has 0 aromatic heterocycles. The van der Waals surface area contributed by atoms with Crippen molar-refractivity contribution in [3.8, 4) is 6.07 Å². The first-order valence-corrected chi connectivity index (χ1v) is 6.23. The molecule has 0 saturated carbocycles. The highest BCUT2D eigenvalue weighted by Crippen LogP contribution is 2.15. The number of hydrogen-bond donors (Lipinski definition) is 0. The molecule has 18 heavy (non-hydrogen) atoms. The standard InChI is InChI=1S/C16H19NO/c1-12(2)16(18)9-6-14-4-7-15(8-5-14)13(3)10-11-17/h4-5,7-8,10,12H,6,9H2,1-3H3. The molecule has 0 aliphatic heterocycles. The van der Waals surface area contributed by atoms with E-state index in [-0.39, 0.29) is 5.92 Å². The van der Waals surface area contributed by atoms with Crippen LogP contribution in [0.15, 0.2) is 30.3 Å². The molecule has 0 amide bonds. The highest BCUT2D eigenvalue weighted by atomic mass is 16.1. The Hall–Kier alpha value is -1.88. The van der Waals surface area contributed by atoms with Gasteiger partial charge in [-0.2, -0.15) is 5.26 Å². The number of Topliss-reactive ketones (excluding diaryl/α,β-unsaturated/α-hetero) is 1. The maximum absolute atomic E-state index is 11.5. The predicted molar refractivity (Wildman–Crippen MR) is 73.9 cm³/mol. The minimum absolute atomic E-state index is 0.116. The SMILES string of the molecule is CC(=CC#N)c1ccc(CCC(=O)C(C)C)cc1. The lowest BCUT2D eigenvalue weighted by atomic mass is 9.99. The zero-order chi connectivity index (χ0) is 13.5. The van der Waals surface area contributed by atoms with Gasteiger partial charge in [0, 0.05) is 18.4 Å². The normalized spacial score (nSPS) is 11.4. The molecule has 0 fully saturated rings. The van der Waals surface area contributed by atoms with Gasteiger partial charge < -0.3 is 0 Å². The van der Waals surface area contributed by atoms with Gasteiger partial charge in [-0.3, -0.25) is 4.79 Å². The highest BCUT2D eigenvalue weighted by Gasteiger charge is 2.07. The molecular formula is C16H19NO. The van der Waals surface area contributed by atoms with E-state index >= 15 is 0 Å². The zero-order valence-corrected chi connectivity index (χ0v) is 11.2. The van der Waals surface area contributed by atoms with Crippen LogP contribution in [0.25, 0.3) is 5.57 Å². The molecule has 1 rings (SSSR count). The van der Waals surface area contributed by atoms with Crippen LogP contribution in [0.1, 0.15) is 38.3 Å². The number of allylic oxidation sites excluding steroid dienone is 2. The fourth-order valence-corrected chi connectivity index (χ4v) is 1.67. The summed E-state index contributed by atoms with van der Waals surface area (Å²) in [5.41, 5.74) is 3.18. The smallest absolute Gasteiger partial charge is 0.135 e. The van der Waals surface area contributed by atoms with Crippen LogP contribution in [0, 0.1) is 17.2 Å². The zero-order valence-electron chi connectivity index (χ0n) is 11.2. The average Bonchev–Trinajstić information content (AvgIpc) is 2.36. The summed E-state index contributed by atoms with van der Waals surface area (Å²) in [4.78, 5) is 11.5. The third-order valence-corrected chi connectivity index (χ3v) is 2.99. The lowest BCUT2D eigenvalue weighted by Crippen LogP contribution is -2.07. The second kappa shape index (κ2) is 6.76. The minimum Gasteiger partial charge on any atom is -0.299 e. The minimum atomic E-state index is 0.116. The Balaban J connectivity index is 2.64. The van der Waals surface area contributed by atoms with Gasteiger partial charge in [-0.1, -0.05) is 38.1 Å². The Kier molecular flexibility index (Phi) is 5.32. The molecule has 2 nitrogen and oxygen atoms in total. The van der Waals surface area contributed by atoms with Crippen molar-refractivity contribution >= 4 is 11.4 Å². The molecule has 0 atom stereocenters. The van der Waals surface area contributed by atoms with Crippen molar-refractivity contribution in [3.05, 3.63) is 41.5 Å². The van der Waals surface area contributed by atoms with Gasteiger partial charge in [0.05, 0.1) is 6.07 Å². The topological polar surface area (TPSA) is 40.9 Å². The maximum atomic E-state index is 11.5. The second-order valence-corrected chi connectivity index (χ2v) is 4.77. The van der Waals surface area contributed by atoms with Gasteiger partial charge >= 0.3 is 0 Å². The molecule has 0 unspecified atom stereocenters. The number of carbonyl (C=O) groups excluding carboxylic acids is 1. The average molecular weight is 241 g/mol. The Morgan fingerprint density at radius 2 is 1.94 bits per heavy atom. The van der Waals surface area contributed by atoms with E-state index in [9.17, 15) is 4.79 Å². The first-order chi connectivity index (χ1) is 8.54. The molecule has 94 valence electrons. The first-order valence-electron chi connectivity index (χ1n) is 6.23. The van der Waals surface area contributed by atoms with Crippen molar-refractivity contribution in [2.45, 2.75) is 33.6 Å². The van der Waals surface area contributed by atoms with E-state index in [1.165, 1.54) is 6.08 Å². The summed E-state index contributed by atoms with van der Waals surface area (Å²) in [6.45, 7) is 5.78. The van der Waals surface area contributed by atoms with E-state index in [1.807, 2.05) is 51.1 Å². The van der Waals surface area contributed by atoms with Crippen LogP contribution in [0.2, 0.25) is 0 Å². The van der Waals surface area contributed by atoms with Crippen molar-refractivity contribution in [2.24, 2.45) is 5.92 Å². The van der Waals surface area contributed by atoms with Crippen LogP contribution in [0.5, 0.6) is 0 Å². The third kappa shape index (κ3) is 4.18. The van der Waals surface area contributed by atoms with Crippen LogP contribution in [-0.2, 0) is 11.2 Å². The van der Waals surface area contributed by atoms with E-state index in [4.69, 9.17) is 5.26 Å². The van der Waals surface area contributed by atoms with Crippen molar-refractivity contribution in [2.75, 3.05) is 0 Å². The Labute approximate surface area is 109 Å². The quantitative estimate of drug-likeness (QED) is 0.736. The van der Waals surface area contributed by atoms with Gasteiger partial charge in [0.2, 0.25) is 0 Å². The summed E-state index contributed by atoms with van der Waals surface area (Å²) in [5, 5.41) is 8.59. The molecule has 0 aliphatic carbocycles. The van der Waals surface area contributed by atoms with Gasteiger partial charge in [-0.15, -0.1) is 0 Å². The Bertz CT molecular complexity index is 475. The van der Waals surface area contributed by atoms with Gasteiger partial charge in [0.25, 0.3) is 0 Å². The summed E-state index contributed by atoms with van der Waals surface area (Å²) in [6.07, 6.45) is 2.93. The van der Waals surface area contributed by atoms with Gasteiger partial charge in [-0.05, 0) is 30.0 Å². The summed E-state index contributed by atoms with van der Waals surface area (Å²) in [7, 11) is 0. The first kappa shape index (κ1) is 14.2. The number of ketones is 1. The van der Waals surface area contributed by atoms with E-state index in [1.54, 1.807) is 0 Å². The number of nitrogens with zero attached hydrogens (tertiary/aromatic N) is 1. The Morgan fingerprint density at radius 3 is 2.44 bits per heavy atom. The fraction of sp³-hybridized carbons (Fsp3) is 0.375. The molecular weight excluding hydrogens is 222 g/mol. The van der Waals surface area contributed by atoms with E-state index in [2.05, 4.69) is 0 Å². The van der Waals surface area contributed by atoms with Crippen molar-refractivity contribution in [3.63, 3.8) is 0 Å². The second-order valence-electron chi connectivity index (χ2n) is 4.77. The summed E-state index contributed by atoms with van der Waals surface area (Å²) in [5.74, 6) is 0.421.